The first-order chi connectivity index (χ1) is 11.0. The molecule has 0 bridgehead atoms. The Balaban J connectivity index is 2.01. The molecule has 0 spiro atoms. The first kappa shape index (κ1) is 16.8. The van der Waals surface area contributed by atoms with Gasteiger partial charge in [-0.25, -0.2) is 0 Å². The molecule has 7 heteroatoms. The first-order valence-electron chi connectivity index (χ1n) is 7.48. The van der Waals surface area contributed by atoms with Crippen molar-refractivity contribution >= 4 is 17.8 Å². The van der Waals surface area contributed by atoms with Crippen molar-refractivity contribution in [3.63, 3.8) is 0 Å². The maximum atomic E-state index is 12.6. The average Bonchev–Trinajstić information content (AvgIpc) is 2.52. The number of benzene rings is 1. The van der Waals surface area contributed by atoms with E-state index in [1.165, 1.54) is 0 Å². The van der Waals surface area contributed by atoms with Crippen LogP contribution in [0.1, 0.15) is 29.6 Å². The maximum absolute atomic E-state index is 12.6. The predicted octanol–water partition coefficient (Wildman–Crippen LogP) is 0.878. The number of piperidine rings is 1. The minimum Gasteiger partial charge on any atom is -0.483 e. The molecule has 0 unspecified atom stereocenters. The zero-order chi connectivity index (χ0) is 16.8. The van der Waals surface area contributed by atoms with E-state index in [0.717, 1.165) is 0 Å². The van der Waals surface area contributed by atoms with Crippen molar-refractivity contribution in [1.29, 1.82) is 0 Å². The third-order valence-corrected chi connectivity index (χ3v) is 3.85. The summed E-state index contributed by atoms with van der Waals surface area (Å²) in [5.74, 6) is -1.16. The van der Waals surface area contributed by atoms with Crippen LogP contribution in [0.4, 0.5) is 0 Å². The molecule has 1 fully saturated rings. The Morgan fingerprint density at radius 1 is 1.22 bits per heavy atom. The van der Waals surface area contributed by atoms with E-state index in [4.69, 9.17) is 15.6 Å². The van der Waals surface area contributed by atoms with Crippen LogP contribution in [0.3, 0.4) is 0 Å². The van der Waals surface area contributed by atoms with Gasteiger partial charge in [0, 0.05) is 19.5 Å². The van der Waals surface area contributed by atoms with Crippen molar-refractivity contribution in [3.05, 3.63) is 29.8 Å². The molecule has 1 aliphatic heterocycles. The lowest BCUT2D eigenvalue weighted by Gasteiger charge is -2.31. The predicted molar refractivity (Wildman–Crippen MR) is 82.0 cm³/mol. The zero-order valence-corrected chi connectivity index (χ0v) is 12.7. The molecule has 0 atom stereocenters. The van der Waals surface area contributed by atoms with E-state index in [0.29, 0.717) is 37.2 Å². The van der Waals surface area contributed by atoms with Gasteiger partial charge in [0.15, 0.2) is 6.61 Å². The summed E-state index contributed by atoms with van der Waals surface area (Å²) in [5, 5.41) is 8.82. The minimum atomic E-state index is -0.806. The number of para-hydroxylation sites is 1. The van der Waals surface area contributed by atoms with E-state index in [-0.39, 0.29) is 24.9 Å². The van der Waals surface area contributed by atoms with E-state index in [1.54, 1.807) is 29.2 Å². The van der Waals surface area contributed by atoms with E-state index in [2.05, 4.69) is 0 Å². The number of carbonyl (C=O) groups excluding carboxylic acids is 2. The molecule has 0 aliphatic carbocycles. The molecule has 2 rings (SSSR count). The van der Waals surface area contributed by atoms with Crippen LogP contribution in [0.5, 0.6) is 5.75 Å². The number of carboxylic acid groups (broad SMARTS) is 1. The van der Waals surface area contributed by atoms with Crippen LogP contribution < -0.4 is 10.5 Å². The number of rotatable bonds is 6. The highest BCUT2D eigenvalue weighted by Crippen LogP contribution is 2.25. The van der Waals surface area contributed by atoms with Crippen LogP contribution in [0.2, 0.25) is 0 Å². The lowest BCUT2D eigenvalue weighted by Crippen LogP contribution is -2.39. The zero-order valence-electron chi connectivity index (χ0n) is 12.7. The number of carbonyl (C=O) groups is 3. The molecule has 1 aromatic rings. The molecule has 1 saturated heterocycles. The summed E-state index contributed by atoms with van der Waals surface area (Å²) in [6.45, 7) is 0.743. The highest BCUT2D eigenvalue weighted by Gasteiger charge is 2.26. The lowest BCUT2D eigenvalue weighted by molar-refractivity contribution is -0.138. The number of aliphatic carboxylic acids is 1. The Hall–Kier alpha value is -2.57. The smallest absolute Gasteiger partial charge is 0.303 e. The molecule has 2 amide bonds. The Labute approximate surface area is 134 Å². The SMILES string of the molecule is NC(=O)COc1ccccc1C(=O)N1CCC(CC(=O)O)CC1. The molecule has 23 heavy (non-hydrogen) atoms. The van der Waals surface area contributed by atoms with Crippen molar-refractivity contribution in [3.8, 4) is 5.75 Å². The molecule has 0 radical (unpaired) electrons. The molecule has 1 aromatic carbocycles. The molecule has 0 aromatic heterocycles. The lowest BCUT2D eigenvalue weighted by atomic mass is 9.93. The van der Waals surface area contributed by atoms with Crippen molar-refractivity contribution in [2.45, 2.75) is 19.3 Å². The first-order valence-corrected chi connectivity index (χ1v) is 7.48. The number of carboxylic acids is 1. The van der Waals surface area contributed by atoms with Gasteiger partial charge in [-0.2, -0.15) is 0 Å². The highest BCUT2D eigenvalue weighted by molar-refractivity contribution is 5.97. The minimum absolute atomic E-state index is 0.109. The number of primary amides is 1. The summed E-state index contributed by atoms with van der Waals surface area (Å²) < 4.78 is 5.28. The number of hydrogen-bond acceptors (Lipinski definition) is 4. The van der Waals surface area contributed by atoms with Crippen LogP contribution >= 0.6 is 0 Å². The van der Waals surface area contributed by atoms with Crippen molar-refractivity contribution in [2.75, 3.05) is 19.7 Å². The van der Waals surface area contributed by atoms with Crippen LogP contribution in [-0.4, -0.2) is 47.5 Å². The second-order valence-corrected chi connectivity index (χ2v) is 5.58. The van der Waals surface area contributed by atoms with Crippen LogP contribution in [0.25, 0.3) is 0 Å². The third kappa shape index (κ3) is 4.70. The van der Waals surface area contributed by atoms with E-state index < -0.39 is 11.9 Å². The Bertz CT molecular complexity index is 594. The molecular weight excluding hydrogens is 300 g/mol. The number of nitrogens with two attached hydrogens (primary N) is 1. The van der Waals surface area contributed by atoms with Gasteiger partial charge in [0.1, 0.15) is 5.75 Å². The fourth-order valence-corrected chi connectivity index (χ4v) is 2.68. The molecule has 7 nitrogen and oxygen atoms in total. The van der Waals surface area contributed by atoms with Crippen LogP contribution in [0, 0.1) is 5.92 Å². The summed E-state index contributed by atoms with van der Waals surface area (Å²) in [6.07, 6.45) is 1.48. The fraction of sp³-hybridized carbons (Fsp3) is 0.438. The number of amides is 2. The van der Waals surface area contributed by atoms with Crippen LogP contribution in [0.15, 0.2) is 24.3 Å². The van der Waals surface area contributed by atoms with Gasteiger partial charge < -0.3 is 20.5 Å². The molecule has 3 N–H and O–H groups in total. The molecular formula is C16H20N2O5. The fourth-order valence-electron chi connectivity index (χ4n) is 2.68. The Kier molecular flexibility index (Phi) is 5.56. The topological polar surface area (TPSA) is 110 Å². The maximum Gasteiger partial charge on any atom is 0.303 e. The second-order valence-electron chi connectivity index (χ2n) is 5.58. The summed E-state index contributed by atoms with van der Waals surface area (Å²) >= 11 is 0. The number of hydrogen-bond donors (Lipinski definition) is 2. The van der Waals surface area contributed by atoms with E-state index in [9.17, 15) is 14.4 Å². The van der Waals surface area contributed by atoms with Gasteiger partial charge in [-0.3, -0.25) is 14.4 Å². The summed E-state index contributed by atoms with van der Waals surface area (Å²) in [5.41, 5.74) is 5.44. The Morgan fingerprint density at radius 2 is 1.87 bits per heavy atom. The average molecular weight is 320 g/mol. The second kappa shape index (κ2) is 7.62. The quantitative estimate of drug-likeness (QED) is 0.808. The number of nitrogens with zero attached hydrogens (tertiary/aromatic N) is 1. The van der Waals surface area contributed by atoms with Gasteiger partial charge in [0.05, 0.1) is 5.56 Å². The molecule has 0 saturated carbocycles. The summed E-state index contributed by atoms with van der Waals surface area (Å²) in [7, 11) is 0. The monoisotopic (exact) mass is 320 g/mol. The van der Waals surface area contributed by atoms with Gasteiger partial charge in [0.25, 0.3) is 11.8 Å². The highest BCUT2D eigenvalue weighted by atomic mass is 16.5. The molecule has 1 heterocycles. The van der Waals surface area contributed by atoms with Gasteiger partial charge >= 0.3 is 5.97 Å². The molecule has 124 valence electrons. The van der Waals surface area contributed by atoms with Gasteiger partial charge in [-0.15, -0.1) is 0 Å². The summed E-state index contributed by atoms with van der Waals surface area (Å²) in [6, 6.07) is 6.70. The van der Waals surface area contributed by atoms with Crippen molar-refractivity contribution in [1.82, 2.24) is 4.90 Å². The largest absolute Gasteiger partial charge is 0.483 e. The molecule has 1 aliphatic rings. The number of ether oxygens (including phenoxy) is 1. The third-order valence-electron chi connectivity index (χ3n) is 3.85. The normalized spacial score (nSPS) is 15.2. The van der Waals surface area contributed by atoms with E-state index in [1.807, 2.05) is 0 Å². The summed E-state index contributed by atoms with van der Waals surface area (Å²) in [4.78, 5) is 35.9. The Morgan fingerprint density at radius 3 is 2.48 bits per heavy atom. The van der Waals surface area contributed by atoms with Gasteiger partial charge in [0.2, 0.25) is 0 Å². The van der Waals surface area contributed by atoms with Gasteiger partial charge in [-0.05, 0) is 30.9 Å². The van der Waals surface area contributed by atoms with Crippen molar-refractivity contribution < 1.29 is 24.2 Å². The van der Waals surface area contributed by atoms with E-state index >= 15 is 0 Å². The van der Waals surface area contributed by atoms with Crippen molar-refractivity contribution in [2.24, 2.45) is 11.7 Å². The van der Waals surface area contributed by atoms with Crippen LogP contribution in [-0.2, 0) is 9.59 Å². The van der Waals surface area contributed by atoms with Gasteiger partial charge in [-0.1, -0.05) is 12.1 Å². The standard InChI is InChI=1S/C16H20N2O5/c17-14(19)10-23-13-4-2-1-3-12(13)16(22)18-7-5-11(6-8-18)9-15(20)21/h1-4,11H,5-10H2,(H2,17,19)(H,20,21). The number of likely N-dealkylation sites (tertiary alicyclic amines) is 1.